The zero-order valence-corrected chi connectivity index (χ0v) is 14.9. The number of aromatic nitrogens is 2. The normalized spacial score (nSPS) is 25.5. The lowest BCUT2D eigenvalue weighted by molar-refractivity contribution is 0.147. The summed E-state index contributed by atoms with van der Waals surface area (Å²) >= 11 is 0. The quantitative estimate of drug-likeness (QED) is 0.918. The van der Waals surface area contributed by atoms with Gasteiger partial charge < -0.3 is 9.63 Å². The minimum Gasteiger partial charge on any atom is -0.392 e. The van der Waals surface area contributed by atoms with Gasteiger partial charge in [-0.05, 0) is 38.2 Å². The molecule has 4 rings (SSSR count). The van der Waals surface area contributed by atoms with Crippen LogP contribution in [0.3, 0.4) is 0 Å². The molecule has 1 saturated carbocycles. The van der Waals surface area contributed by atoms with Crippen molar-refractivity contribution in [3.8, 4) is 11.4 Å². The lowest BCUT2D eigenvalue weighted by Gasteiger charge is -2.29. The van der Waals surface area contributed by atoms with Crippen molar-refractivity contribution in [2.45, 2.75) is 57.6 Å². The predicted octanol–water partition coefficient (Wildman–Crippen LogP) is 3.73. The van der Waals surface area contributed by atoms with Crippen LogP contribution in [-0.2, 0) is 0 Å². The second-order valence-electron chi connectivity index (χ2n) is 7.69. The molecular weight excluding hydrogens is 314 g/mol. The van der Waals surface area contributed by atoms with Crippen molar-refractivity contribution < 1.29 is 9.63 Å². The van der Waals surface area contributed by atoms with Crippen LogP contribution in [0.25, 0.3) is 11.4 Å². The number of aliphatic hydroxyl groups excluding tert-OH is 1. The SMILES string of the molecule is Cc1cccc(-c2noc([C@@H]3C[C@@H](O)CN3CC3CCCCC3)n2)c1. The lowest BCUT2D eigenvalue weighted by atomic mass is 9.89. The topological polar surface area (TPSA) is 62.4 Å². The number of likely N-dealkylation sites (tertiary alicyclic amines) is 1. The molecule has 1 aliphatic heterocycles. The Morgan fingerprint density at radius 1 is 1.24 bits per heavy atom. The van der Waals surface area contributed by atoms with Crippen molar-refractivity contribution in [3.05, 3.63) is 35.7 Å². The van der Waals surface area contributed by atoms with E-state index in [2.05, 4.69) is 34.1 Å². The highest BCUT2D eigenvalue weighted by Gasteiger charge is 2.37. The molecule has 0 spiro atoms. The Balaban J connectivity index is 1.51. The molecule has 1 saturated heterocycles. The molecule has 1 aliphatic carbocycles. The van der Waals surface area contributed by atoms with Crippen LogP contribution < -0.4 is 0 Å². The molecule has 5 nitrogen and oxygen atoms in total. The van der Waals surface area contributed by atoms with Gasteiger partial charge in [0.2, 0.25) is 11.7 Å². The molecular formula is C20H27N3O2. The molecule has 2 aliphatic rings. The molecule has 2 heterocycles. The summed E-state index contributed by atoms with van der Waals surface area (Å²) in [4.78, 5) is 7.01. The molecule has 1 aromatic carbocycles. The molecule has 0 unspecified atom stereocenters. The van der Waals surface area contributed by atoms with Crippen molar-refractivity contribution in [2.75, 3.05) is 13.1 Å². The summed E-state index contributed by atoms with van der Waals surface area (Å²) in [6.45, 7) is 3.80. The van der Waals surface area contributed by atoms with Crippen LogP contribution in [0.5, 0.6) is 0 Å². The summed E-state index contributed by atoms with van der Waals surface area (Å²) in [7, 11) is 0. The van der Waals surface area contributed by atoms with Gasteiger partial charge in [0.05, 0.1) is 12.1 Å². The molecule has 25 heavy (non-hydrogen) atoms. The maximum Gasteiger partial charge on any atom is 0.244 e. The second-order valence-corrected chi connectivity index (χ2v) is 7.69. The van der Waals surface area contributed by atoms with E-state index in [9.17, 15) is 5.11 Å². The molecule has 0 bridgehead atoms. The van der Waals surface area contributed by atoms with Crippen molar-refractivity contribution >= 4 is 0 Å². The number of aryl methyl sites for hydroxylation is 1. The predicted molar refractivity (Wildman–Crippen MR) is 96.0 cm³/mol. The third-order valence-corrected chi connectivity index (χ3v) is 5.60. The Hall–Kier alpha value is -1.72. The Bertz CT molecular complexity index is 708. The van der Waals surface area contributed by atoms with Crippen LogP contribution in [0.15, 0.2) is 28.8 Å². The van der Waals surface area contributed by atoms with Gasteiger partial charge in [0.25, 0.3) is 0 Å². The first kappa shape index (κ1) is 16.7. The van der Waals surface area contributed by atoms with Gasteiger partial charge in [-0.25, -0.2) is 0 Å². The van der Waals surface area contributed by atoms with Crippen molar-refractivity contribution in [3.63, 3.8) is 0 Å². The lowest BCUT2D eigenvalue weighted by Crippen LogP contribution is -2.31. The van der Waals surface area contributed by atoms with Gasteiger partial charge in [-0.2, -0.15) is 4.98 Å². The number of aliphatic hydroxyl groups is 1. The smallest absolute Gasteiger partial charge is 0.244 e. The van der Waals surface area contributed by atoms with Crippen LogP contribution >= 0.6 is 0 Å². The highest BCUT2D eigenvalue weighted by Crippen LogP contribution is 2.35. The van der Waals surface area contributed by atoms with E-state index in [1.54, 1.807) is 0 Å². The van der Waals surface area contributed by atoms with Crippen LogP contribution in [0.1, 0.15) is 56.0 Å². The third kappa shape index (κ3) is 3.77. The summed E-state index contributed by atoms with van der Waals surface area (Å²) in [5.74, 6) is 2.02. The molecule has 134 valence electrons. The number of hydrogen-bond acceptors (Lipinski definition) is 5. The monoisotopic (exact) mass is 341 g/mol. The Kier molecular flexibility index (Phi) is 4.86. The summed E-state index contributed by atoms with van der Waals surface area (Å²) in [6, 6.07) is 8.19. The van der Waals surface area contributed by atoms with Gasteiger partial charge >= 0.3 is 0 Å². The van der Waals surface area contributed by atoms with E-state index in [-0.39, 0.29) is 12.1 Å². The van der Waals surface area contributed by atoms with Crippen LogP contribution in [-0.4, -0.2) is 39.3 Å². The molecule has 2 aromatic rings. The highest BCUT2D eigenvalue weighted by molar-refractivity contribution is 5.55. The van der Waals surface area contributed by atoms with Crippen molar-refractivity contribution in [2.24, 2.45) is 5.92 Å². The molecule has 0 radical (unpaired) electrons. The maximum atomic E-state index is 10.2. The Labute approximate surface area is 149 Å². The second kappa shape index (κ2) is 7.26. The average Bonchev–Trinajstić information content (AvgIpc) is 3.22. The zero-order valence-electron chi connectivity index (χ0n) is 14.9. The summed E-state index contributed by atoms with van der Waals surface area (Å²) < 4.78 is 5.60. The standard InChI is InChI=1S/C20H27N3O2/c1-14-6-5-9-16(10-14)19-21-20(25-22-19)18-11-17(24)13-23(18)12-15-7-3-2-4-8-15/h5-6,9-10,15,17-18,24H,2-4,7-8,11-13H2,1H3/t17-,18+/m1/s1. The fourth-order valence-corrected chi connectivity index (χ4v) is 4.31. The van der Waals surface area contributed by atoms with E-state index in [0.29, 0.717) is 24.7 Å². The largest absolute Gasteiger partial charge is 0.392 e. The first-order valence-corrected chi connectivity index (χ1v) is 9.52. The Morgan fingerprint density at radius 3 is 2.88 bits per heavy atom. The van der Waals surface area contributed by atoms with Crippen LogP contribution in [0, 0.1) is 12.8 Å². The van der Waals surface area contributed by atoms with E-state index >= 15 is 0 Å². The van der Waals surface area contributed by atoms with Gasteiger partial charge in [0, 0.05) is 18.7 Å². The Morgan fingerprint density at radius 2 is 2.08 bits per heavy atom. The van der Waals surface area contributed by atoms with E-state index in [4.69, 9.17) is 4.52 Å². The number of β-amino-alcohol motifs (C(OH)–C–C–N with tert-alkyl or cyclic N) is 1. The first-order valence-electron chi connectivity index (χ1n) is 9.52. The summed E-state index contributed by atoms with van der Waals surface area (Å²) in [5, 5.41) is 14.4. The minimum atomic E-state index is -0.303. The molecule has 1 aromatic heterocycles. The van der Waals surface area contributed by atoms with Crippen LogP contribution in [0.4, 0.5) is 0 Å². The van der Waals surface area contributed by atoms with Gasteiger partial charge in [0.1, 0.15) is 0 Å². The van der Waals surface area contributed by atoms with Gasteiger partial charge in [0.15, 0.2) is 0 Å². The van der Waals surface area contributed by atoms with Gasteiger partial charge in [-0.3, -0.25) is 4.90 Å². The molecule has 5 heteroatoms. The number of nitrogens with zero attached hydrogens (tertiary/aromatic N) is 3. The highest BCUT2D eigenvalue weighted by atomic mass is 16.5. The van der Waals surface area contributed by atoms with E-state index < -0.39 is 0 Å². The minimum absolute atomic E-state index is 0.0444. The molecule has 2 atom stereocenters. The maximum absolute atomic E-state index is 10.2. The van der Waals surface area contributed by atoms with Crippen LogP contribution in [0.2, 0.25) is 0 Å². The number of hydrogen-bond donors (Lipinski definition) is 1. The van der Waals surface area contributed by atoms with E-state index in [1.165, 1.54) is 37.7 Å². The summed E-state index contributed by atoms with van der Waals surface area (Å²) in [6.07, 6.45) is 7.03. The third-order valence-electron chi connectivity index (χ3n) is 5.60. The molecule has 0 amide bonds. The van der Waals surface area contributed by atoms with Gasteiger partial charge in [-0.15, -0.1) is 0 Å². The zero-order chi connectivity index (χ0) is 17.2. The van der Waals surface area contributed by atoms with Crippen molar-refractivity contribution in [1.82, 2.24) is 15.0 Å². The molecule has 2 fully saturated rings. The average molecular weight is 341 g/mol. The fourth-order valence-electron chi connectivity index (χ4n) is 4.31. The van der Waals surface area contributed by atoms with E-state index in [1.807, 2.05) is 12.1 Å². The van der Waals surface area contributed by atoms with Gasteiger partial charge in [-0.1, -0.05) is 48.2 Å². The van der Waals surface area contributed by atoms with Crippen molar-refractivity contribution in [1.29, 1.82) is 0 Å². The number of benzene rings is 1. The first-order chi connectivity index (χ1) is 12.2. The van der Waals surface area contributed by atoms with E-state index in [0.717, 1.165) is 18.0 Å². The summed E-state index contributed by atoms with van der Waals surface area (Å²) in [5.41, 5.74) is 2.16. The number of rotatable bonds is 4. The fraction of sp³-hybridized carbons (Fsp3) is 0.600. The molecule has 1 N–H and O–H groups in total.